The van der Waals surface area contributed by atoms with Crippen molar-refractivity contribution in [1.29, 1.82) is 0 Å². The molecule has 0 spiro atoms. The van der Waals surface area contributed by atoms with Gasteiger partial charge in [-0.05, 0) is 93.9 Å². The van der Waals surface area contributed by atoms with E-state index < -0.39 is 204 Å². The number of carbonyl (C=O) groups is 15. The maximum Gasteiger partial charge on any atom is 0.248 e. The lowest BCUT2D eigenvalue weighted by Gasteiger charge is -2.34. The van der Waals surface area contributed by atoms with Crippen molar-refractivity contribution in [2.75, 3.05) is 37.7 Å². The fraction of sp³-hybridized carbons (Fsp3) is 0.547. The summed E-state index contributed by atoms with van der Waals surface area (Å²) in [6.07, 6.45) is 4.10. The number of rotatable bonds is 12. The molecular weight excluding hydrogens is 1500 g/mol. The van der Waals surface area contributed by atoms with Gasteiger partial charge in [0.2, 0.25) is 88.6 Å². The Bertz CT molecular complexity index is 4300. The van der Waals surface area contributed by atoms with Crippen molar-refractivity contribution >= 4 is 132 Å². The minimum absolute atomic E-state index is 0.00563. The van der Waals surface area contributed by atoms with Crippen LogP contribution in [0, 0.1) is 17.8 Å². The van der Waals surface area contributed by atoms with Gasteiger partial charge in [0, 0.05) is 96.0 Å². The summed E-state index contributed by atoms with van der Waals surface area (Å²) in [5.41, 5.74) is 9.19. The van der Waals surface area contributed by atoms with Gasteiger partial charge in [0.1, 0.15) is 78.5 Å². The number of hydrogen-bond donors (Lipinski definition) is 18. The fourth-order valence-electron chi connectivity index (χ4n) is 14.0. The first-order valence-corrected chi connectivity index (χ1v) is 40.5. The zero-order valence-corrected chi connectivity index (χ0v) is 66.2. The number of nitrogens with zero attached hydrogens (tertiary/aromatic N) is 3. The van der Waals surface area contributed by atoms with Crippen LogP contribution in [-0.2, 0) is 91.2 Å². The Kier molecular flexibility index (Phi) is 30.4. The molecule has 3 aromatic heterocycles. The first kappa shape index (κ1) is 86.4. The number of aliphatic hydroxyl groups excluding tert-OH is 1. The molecule has 0 radical (unpaired) electrons. The summed E-state index contributed by atoms with van der Waals surface area (Å²) in [5, 5.41) is 47.3. The van der Waals surface area contributed by atoms with Gasteiger partial charge in [-0.3, -0.25) is 71.9 Å². The quantitative estimate of drug-likeness (QED) is 0.0572. The Labute approximate surface area is 660 Å². The molecule has 36 nitrogen and oxygen atoms in total. The lowest BCUT2D eigenvalue weighted by molar-refractivity contribution is -0.149. The van der Waals surface area contributed by atoms with E-state index >= 15 is 9.59 Å². The standard InChI is InChI=1S/C75H104N20O16S2/c1-36(2)21-50-65(101)80-30-59(97)83-39(7)63(99)86-51(22-37(3)4)70(106)92-61(38(5)6)73(109)89-53(24-43-28-79-49-18-13-11-16-47(43)49)68(104)91-56-34-113-112-33-55(90-64(100)40(8)84-72(108)58-25-44(76)32-95(58)74(110)57-19-14-20-94(57)75(111)62(41(9)96)93-71(56)107)66(102)81-31-60(98)85-52(23-42-27-78-48-17-12-10-15-46(42)48)67(103)88-54(69(105)87-50)26-45-29-77-35-82-45/h10-13,15-18,27-29,35-41,44,50-58,61-62,78-79,96H,14,19-26,30-34,76H2,1-9H3,(H,77,82)(H,80,101)(H,81,102)(H,83,97)(H,84,108)(H,85,98)(H,86,99)(H,87,105)(H,88,103)(H,89,109)(H,90,100)(H,91,104)(H,92,106)(H,93,107)/t39-,40-,41+,44-,50-,51-,52-,53-,54-,55-,56-,57+,58-,61-,62-/m0/s1. The number of H-pyrrole nitrogens is 3. The summed E-state index contributed by atoms with van der Waals surface area (Å²) in [6, 6.07) is -5.35. The number of fused-ring (bicyclic) bond motifs is 9. The van der Waals surface area contributed by atoms with Gasteiger partial charge in [-0.2, -0.15) is 0 Å². The van der Waals surface area contributed by atoms with E-state index in [-0.39, 0.29) is 75.6 Å². The normalized spacial score (nSPS) is 27.5. The lowest BCUT2D eigenvalue weighted by atomic mass is 9.98. The molecule has 0 saturated carbocycles. The van der Waals surface area contributed by atoms with Gasteiger partial charge in [-0.15, -0.1) is 0 Å². The number of aliphatic hydroxyl groups is 1. The molecule has 9 rings (SSSR count). The van der Waals surface area contributed by atoms with Crippen molar-refractivity contribution in [2.45, 2.75) is 204 Å². The predicted octanol–water partition coefficient (Wildman–Crippen LogP) is -2.54. The van der Waals surface area contributed by atoms with E-state index in [1.807, 2.05) is 0 Å². The summed E-state index contributed by atoms with van der Waals surface area (Å²) in [7, 11) is 1.78. The average Bonchev–Trinajstić information content (AvgIpc) is 1.66. The number of imidazole rings is 1. The Morgan fingerprint density at radius 1 is 0.487 bits per heavy atom. The molecule has 4 aliphatic rings. The minimum atomic E-state index is -1.76. The second-order valence-electron chi connectivity index (χ2n) is 30.3. The molecule has 2 bridgehead atoms. The number of amides is 15. The fourth-order valence-corrected chi connectivity index (χ4v) is 16.3. The number of aromatic amines is 3. The molecule has 15 amide bonds. The van der Waals surface area contributed by atoms with Crippen LogP contribution in [0.5, 0.6) is 0 Å². The second kappa shape index (κ2) is 39.7. The highest BCUT2D eigenvalue weighted by molar-refractivity contribution is 8.76. The molecule has 4 aliphatic heterocycles. The molecule has 0 unspecified atom stereocenters. The van der Waals surface area contributed by atoms with Crippen molar-refractivity contribution < 1.29 is 77.0 Å². The Morgan fingerprint density at radius 2 is 0.973 bits per heavy atom. The number of nitrogens with one attached hydrogen (secondary N) is 16. The van der Waals surface area contributed by atoms with Crippen LogP contribution in [0.1, 0.15) is 111 Å². The zero-order chi connectivity index (χ0) is 82.1. The third kappa shape index (κ3) is 23.3. The molecule has 4 saturated heterocycles. The van der Waals surface area contributed by atoms with Crippen LogP contribution in [-0.4, -0.2) is 252 Å². The van der Waals surface area contributed by atoms with Gasteiger partial charge in [0.15, 0.2) is 0 Å². The second-order valence-corrected chi connectivity index (χ2v) is 32.9. The molecule has 19 N–H and O–H groups in total. The molecule has 113 heavy (non-hydrogen) atoms. The van der Waals surface area contributed by atoms with Crippen LogP contribution in [0.3, 0.4) is 0 Å². The van der Waals surface area contributed by atoms with Gasteiger partial charge >= 0.3 is 0 Å². The van der Waals surface area contributed by atoms with Crippen molar-refractivity contribution in [1.82, 2.24) is 98.9 Å². The molecule has 5 aromatic rings. The van der Waals surface area contributed by atoms with Gasteiger partial charge in [-0.25, -0.2) is 4.98 Å². The van der Waals surface area contributed by atoms with E-state index in [4.69, 9.17) is 5.73 Å². The number of carbonyl (C=O) groups excluding carboxylic acids is 15. The van der Waals surface area contributed by atoms with Gasteiger partial charge in [0.05, 0.1) is 25.5 Å². The molecule has 7 heterocycles. The van der Waals surface area contributed by atoms with Crippen LogP contribution < -0.4 is 74.9 Å². The summed E-state index contributed by atoms with van der Waals surface area (Å²) < 4.78 is 0. The predicted molar refractivity (Wildman–Crippen MR) is 418 cm³/mol. The largest absolute Gasteiger partial charge is 0.391 e. The van der Waals surface area contributed by atoms with Crippen LogP contribution in [0.2, 0.25) is 0 Å². The summed E-state index contributed by atoms with van der Waals surface area (Å²) in [4.78, 5) is 235. The first-order chi connectivity index (χ1) is 53.7. The SMILES string of the molecule is CC(C)C[C@@H]1NC(=O)[C@H](C)NC(=O)CNC(=O)[C@H](CC(C)C)NC(=O)[C@H](Cc2cnc[nH]2)NC(=O)[C@H](Cc2c[nH]c3ccccc23)NC(=O)CNC(=O)[C@@H]2CSSC[C@H](NC(=O)[C@H](Cc3c[nH]c4ccccc34)NC(=O)[C@H](C(C)C)NC1=O)C(=O)N[C@@H]([C@@H](C)O)C(=O)N1CCC[C@@H]1C(=O)N1C[C@@H](N)C[C@H]1C(=O)N[C@@H](C)C(=O)N2. The molecule has 15 atom stereocenters. The smallest absolute Gasteiger partial charge is 0.248 e. The van der Waals surface area contributed by atoms with Crippen molar-refractivity contribution in [2.24, 2.45) is 23.5 Å². The molecule has 4 fully saturated rings. The third-order valence-corrected chi connectivity index (χ3v) is 22.4. The monoisotopic (exact) mass is 1600 g/mol. The highest BCUT2D eigenvalue weighted by Gasteiger charge is 2.47. The van der Waals surface area contributed by atoms with E-state index in [0.29, 0.717) is 45.0 Å². The van der Waals surface area contributed by atoms with Gasteiger partial charge in [0.25, 0.3) is 0 Å². The summed E-state index contributed by atoms with van der Waals surface area (Å²) in [5.74, 6) is -15.1. The average molecular weight is 1610 g/mol. The van der Waals surface area contributed by atoms with Crippen LogP contribution in [0.25, 0.3) is 21.8 Å². The topological polar surface area (TPSA) is 525 Å². The molecule has 612 valence electrons. The molecule has 2 aromatic carbocycles. The van der Waals surface area contributed by atoms with Gasteiger partial charge in [-0.1, -0.05) is 99.5 Å². The van der Waals surface area contributed by atoms with E-state index in [1.165, 1.54) is 43.1 Å². The molecule has 38 heteroatoms. The maximum absolute atomic E-state index is 15.4. The van der Waals surface area contributed by atoms with Crippen LogP contribution >= 0.6 is 21.6 Å². The van der Waals surface area contributed by atoms with Gasteiger partial charge < -0.3 is 105 Å². The minimum Gasteiger partial charge on any atom is -0.391 e. The lowest BCUT2D eigenvalue weighted by Crippen LogP contribution is -2.62. The number of benzene rings is 2. The number of nitrogens with two attached hydrogens (primary N) is 1. The highest BCUT2D eigenvalue weighted by Crippen LogP contribution is 2.29. The van der Waals surface area contributed by atoms with E-state index in [1.54, 1.807) is 102 Å². The Balaban J connectivity index is 1.09. The summed E-state index contributed by atoms with van der Waals surface area (Å²) >= 11 is 0. The highest BCUT2D eigenvalue weighted by atomic mass is 33.1. The number of aromatic nitrogens is 4. The summed E-state index contributed by atoms with van der Waals surface area (Å²) in [6.45, 7) is 12.6. The Morgan fingerprint density at radius 3 is 1.56 bits per heavy atom. The van der Waals surface area contributed by atoms with E-state index in [2.05, 4.69) is 89.1 Å². The number of hydrogen-bond acceptors (Lipinski definition) is 20. The van der Waals surface area contributed by atoms with Crippen LogP contribution in [0.15, 0.2) is 73.4 Å². The first-order valence-electron chi connectivity index (χ1n) is 38.0. The number of para-hydroxylation sites is 2. The maximum atomic E-state index is 15.4. The van der Waals surface area contributed by atoms with Crippen LogP contribution in [0.4, 0.5) is 0 Å². The van der Waals surface area contributed by atoms with Crippen molar-refractivity contribution in [3.05, 3.63) is 90.3 Å². The Hall–Kier alpha value is -10.6. The van der Waals surface area contributed by atoms with Crippen molar-refractivity contribution in [3.63, 3.8) is 0 Å². The zero-order valence-electron chi connectivity index (χ0n) is 64.5. The van der Waals surface area contributed by atoms with E-state index in [9.17, 15) is 67.4 Å². The van der Waals surface area contributed by atoms with Crippen molar-refractivity contribution in [3.8, 4) is 0 Å². The molecule has 0 aliphatic carbocycles. The van der Waals surface area contributed by atoms with E-state index in [0.717, 1.165) is 21.6 Å². The third-order valence-electron chi connectivity index (χ3n) is 20.0. The molecular formula is C75H104N20O16S2.